The van der Waals surface area contributed by atoms with Crippen molar-refractivity contribution < 1.29 is 4.74 Å². The number of aryl methyl sites for hydroxylation is 1. The van der Waals surface area contributed by atoms with Crippen molar-refractivity contribution in [1.29, 1.82) is 0 Å². The van der Waals surface area contributed by atoms with Crippen molar-refractivity contribution in [3.63, 3.8) is 0 Å². The van der Waals surface area contributed by atoms with E-state index in [1.165, 1.54) is 0 Å². The molecule has 1 aromatic carbocycles. The second kappa shape index (κ2) is 8.76. The van der Waals surface area contributed by atoms with Crippen molar-refractivity contribution in [2.45, 2.75) is 26.9 Å². The van der Waals surface area contributed by atoms with Crippen molar-refractivity contribution in [3.05, 3.63) is 46.5 Å². The van der Waals surface area contributed by atoms with Gasteiger partial charge in [0.15, 0.2) is 0 Å². The Hall–Kier alpha value is -1.77. The van der Waals surface area contributed by atoms with Gasteiger partial charge in [-0.3, -0.25) is 0 Å². The first-order valence-corrected chi connectivity index (χ1v) is 8.42. The third kappa shape index (κ3) is 5.42. The van der Waals surface area contributed by atoms with Crippen molar-refractivity contribution in [1.82, 2.24) is 14.9 Å². The molecule has 0 spiro atoms. The minimum atomic E-state index is 0.283. The van der Waals surface area contributed by atoms with Gasteiger partial charge in [-0.25, -0.2) is 4.98 Å². The number of hydrogen-bond acceptors (Lipinski definition) is 3. The molecule has 23 heavy (non-hydrogen) atoms. The Balaban J connectivity index is 1.87. The molecular formula is C18H22BrN3O. The Labute approximate surface area is 146 Å². The summed E-state index contributed by atoms with van der Waals surface area (Å²) in [6.45, 7) is 7.15. The topological polar surface area (TPSA) is 39.1 Å². The highest BCUT2D eigenvalue weighted by atomic mass is 79.9. The third-order valence-corrected chi connectivity index (χ3v) is 4.07. The van der Waals surface area contributed by atoms with Gasteiger partial charge in [0.1, 0.15) is 18.2 Å². The molecule has 0 radical (unpaired) electrons. The summed E-state index contributed by atoms with van der Waals surface area (Å²) in [5, 5.41) is 3.49. The molecule has 1 heterocycles. The molecule has 0 amide bonds. The van der Waals surface area contributed by atoms with E-state index >= 15 is 0 Å². The van der Waals surface area contributed by atoms with Gasteiger partial charge in [-0.05, 0) is 37.6 Å². The molecule has 1 unspecified atom stereocenters. The molecule has 0 aliphatic heterocycles. The van der Waals surface area contributed by atoms with E-state index in [1.54, 1.807) is 0 Å². The van der Waals surface area contributed by atoms with Crippen LogP contribution in [-0.4, -0.2) is 22.7 Å². The van der Waals surface area contributed by atoms with Crippen molar-refractivity contribution >= 4 is 15.9 Å². The van der Waals surface area contributed by atoms with E-state index in [2.05, 4.69) is 49.7 Å². The number of halogens is 1. The first-order valence-electron chi connectivity index (χ1n) is 7.63. The highest BCUT2D eigenvalue weighted by Crippen LogP contribution is 2.23. The lowest BCUT2D eigenvalue weighted by Crippen LogP contribution is -2.24. The van der Waals surface area contributed by atoms with E-state index in [9.17, 15) is 0 Å². The maximum atomic E-state index is 5.59. The summed E-state index contributed by atoms with van der Waals surface area (Å²) >= 11 is 3.50. The van der Waals surface area contributed by atoms with Crippen molar-refractivity contribution in [3.8, 4) is 18.1 Å². The van der Waals surface area contributed by atoms with Crippen LogP contribution >= 0.6 is 15.9 Å². The molecule has 0 aliphatic carbocycles. The standard InChI is InChI=1S/C18H22BrN3O/c1-4-9-23-18-6-5-17(19)10-16(18)12-20-11-14(2)13-22-8-7-21-15(22)3/h1,5-8,10,14,20H,9,11-13H2,2-3H3. The number of benzene rings is 1. The number of imidazole rings is 1. The zero-order chi connectivity index (χ0) is 16.7. The largest absolute Gasteiger partial charge is 0.481 e. The predicted octanol–water partition coefficient (Wildman–Crippen LogP) is 3.39. The van der Waals surface area contributed by atoms with E-state index in [4.69, 9.17) is 11.2 Å². The van der Waals surface area contributed by atoms with Crippen LogP contribution < -0.4 is 10.1 Å². The van der Waals surface area contributed by atoms with Gasteiger partial charge in [-0.2, -0.15) is 0 Å². The zero-order valence-electron chi connectivity index (χ0n) is 13.6. The predicted molar refractivity (Wildman–Crippen MR) is 96.3 cm³/mol. The van der Waals surface area contributed by atoms with E-state index in [-0.39, 0.29) is 6.61 Å². The van der Waals surface area contributed by atoms with Gasteiger partial charge < -0.3 is 14.6 Å². The number of rotatable bonds is 8. The molecule has 0 fully saturated rings. The first-order chi connectivity index (χ1) is 11.1. The van der Waals surface area contributed by atoms with E-state index in [1.807, 2.05) is 31.5 Å². The third-order valence-electron chi connectivity index (χ3n) is 3.57. The number of ether oxygens (including phenoxy) is 1. The Morgan fingerprint density at radius 2 is 2.30 bits per heavy atom. The quantitative estimate of drug-likeness (QED) is 0.718. The van der Waals surface area contributed by atoms with E-state index in [0.29, 0.717) is 5.92 Å². The maximum absolute atomic E-state index is 5.59. The van der Waals surface area contributed by atoms with Crippen LogP contribution in [0.1, 0.15) is 18.3 Å². The van der Waals surface area contributed by atoms with Crippen LogP contribution in [-0.2, 0) is 13.1 Å². The van der Waals surface area contributed by atoms with Gasteiger partial charge in [0.2, 0.25) is 0 Å². The molecule has 122 valence electrons. The van der Waals surface area contributed by atoms with Crippen LogP contribution in [0.2, 0.25) is 0 Å². The highest BCUT2D eigenvalue weighted by molar-refractivity contribution is 9.10. The molecule has 0 aliphatic rings. The summed E-state index contributed by atoms with van der Waals surface area (Å²) in [6, 6.07) is 5.96. The van der Waals surface area contributed by atoms with Gasteiger partial charge in [0, 0.05) is 35.5 Å². The average Bonchev–Trinajstić information content (AvgIpc) is 2.91. The fraction of sp³-hybridized carbons (Fsp3) is 0.389. The van der Waals surface area contributed by atoms with Crippen LogP contribution in [0.25, 0.3) is 0 Å². The fourth-order valence-electron chi connectivity index (χ4n) is 2.40. The van der Waals surface area contributed by atoms with Gasteiger partial charge in [0.25, 0.3) is 0 Å². The van der Waals surface area contributed by atoms with Crippen molar-refractivity contribution in [2.75, 3.05) is 13.2 Å². The van der Waals surface area contributed by atoms with Gasteiger partial charge in [-0.15, -0.1) is 6.42 Å². The van der Waals surface area contributed by atoms with Crippen LogP contribution in [0, 0.1) is 25.2 Å². The van der Waals surface area contributed by atoms with Gasteiger partial charge in [-0.1, -0.05) is 28.8 Å². The minimum absolute atomic E-state index is 0.283. The normalized spacial score (nSPS) is 11.9. The summed E-state index contributed by atoms with van der Waals surface area (Å²) in [5.41, 5.74) is 1.10. The molecule has 1 N–H and O–H groups in total. The molecule has 4 nitrogen and oxygen atoms in total. The summed E-state index contributed by atoms with van der Waals surface area (Å²) in [6.07, 6.45) is 9.12. The number of aromatic nitrogens is 2. The monoisotopic (exact) mass is 375 g/mol. The Morgan fingerprint density at radius 1 is 1.48 bits per heavy atom. The summed E-state index contributed by atoms with van der Waals surface area (Å²) in [7, 11) is 0. The molecule has 2 rings (SSSR count). The lowest BCUT2D eigenvalue weighted by Gasteiger charge is -2.16. The summed E-state index contributed by atoms with van der Waals surface area (Å²) in [4.78, 5) is 4.25. The van der Waals surface area contributed by atoms with Gasteiger partial charge >= 0.3 is 0 Å². The van der Waals surface area contributed by atoms with Crippen LogP contribution in [0.3, 0.4) is 0 Å². The number of hydrogen-bond donors (Lipinski definition) is 1. The van der Waals surface area contributed by atoms with E-state index in [0.717, 1.165) is 41.2 Å². The summed E-state index contributed by atoms with van der Waals surface area (Å²) < 4.78 is 8.80. The minimum Gasteiger partial charge on any atom is -0.481 e. The Kier molecular flexibility index (Phi) is 6.69. The Morgan fingerprint density at radius 3 is 3.00 bits per heavy atom. The molecule has 0 bridgehead atoms. The summed E-state index contributed by atoms with van der Waals surface area (Å²) in [5.74, 6) is 4.88. The zero-order valence-corrected chi connectivity index (χ0v) is 15.1. The van der Waals surface area contributed by atoms with Crippen LogP contribution in [0.15, 0.2) is 35.1 Å². The lowest BCUT2D eigenvalue weighted by molar-refractivity contribution is 0.363. The molecule has 2 aromatic rings. The molecule has 1 aromatic heterocycles. The van der Waals surface area contributed by atoms with Gasteiger partial charge in [0.05, 0.1) is 0 Å². The average molecular weight is 376 g/mol. The molecular weight excluding hydrogens is 354 g/mol. The lowest BCUT2D eigenvalue weighted by atomic mass is 10.1. The number of terminal acetylenes is 1. The molecule has 5 heteroatoms. The first kappa shape index (κ1) is 17.6. The smallest absolute Gasteiger partial charge is 0.148 e. The highest BCUT2D eigenvalue weighted by Gasteiger charge is 2.08. The Bertz CT molecular complexity index is 675. The molecule has 0 saturated carbocycles. The fourth-order valence-corrected chi connectivity index (χ4v) is 2.81. The van der Waals surface area contributed by atoms with Crippen molar-refractivity contribution in [2.24, 2.45) is 5.92 Å². The van der Waals surface area contributed by atoms with Crippen LogP contribution in [0.5, 0.6) is 5.75 Å². The molecule has 0 saturated heterocycles. The second-order valence-corrected chi connectivity index (χ2v) is 6.52. The van der Waals surface area contributed by atoms with E-state index < -0.39 is 0 Å². The number of nitrogens with one attached hydrogen (secondary N) is 1. The maximum Gasteiger partial charge on any atom is 0.148 e. The second-order valence-electron chi connectivity index (χ2n) is 5.61. The SMILES string of the molecule is C#CCOc1ccc(Br)cc1CNCC(C)Cn1ccnc1C. The van der Waals surface area contributed by atoms with Crippen LogP contribution in [0.4, 0.5) is 0 Å². The number of nitrogens with zero attached hydrogens (tertiary/aromatic N) is 2. The molecule has 1 atom stereocenters.